The van der Waals surface area contributed by atoms with Gasteiger partial charge in [0.05, 0.1) is 6.61 Å². The van der Waals surface area contributed by atoms with Crippen LogP contribution in [0.5, 0.6) is 5.88 Å². The molecule has 0 atom stereocenters. The number of rotatable bonds is 5. The fourth-order valence-electron chi connectivity index (χ4n) is 2.08. The average molecular weight is 249 g/mol. The summed E-state index contributed by atoms with van der Waals surface area (Å²) in [5.41, 5.74) is 1.17. The molecule has 0 N–H and O–H groups in total. The van der Waals surface area contributed by atoms with E-state index in [1.54, 1.807) is 0 Å². The first-order chi connectivity index (χ1) is 8.74. The number of aromatic nitrogens is 1. The molecule has 4 nitrogen and oxygen atoms in total. The Morgan fingerprint density at radius 2 is 2.00 bits per heavy atom. The molecule has 0 radical (unpaired) electrons. The Bertz CT molecular complexity index is 345. The lowest BCUT2D eigenvalue weighted by atomic mass is 10.3. The highest BCUT2D eigenvalue weighted by Gasteiger charge is 2.12. The van der Waals surface area contributed by atoms with Crippen LogP contribution in [0, 0.1) is 6.92 Å². The van der Waals surface area contributed by atoms with Crippen molar-refractivity contribution in [3.8, 4) is 5.88 Å². The molecule has 2 heterocycles. The molecule has 0 saturated carbocycles. The molecule has 0 aliphatic carbocycles. The maximum absolute atomic E-state index is 5.62. The normalized spacial score (nSPS) is 17.9. The topological polar surface area (TPSA) is 28.6 Å². The van der Waals surface area contributed by atoms with E-state index >= 15 is 0 Å². The standard InChI is InChI=1S/C14H23N3O/c1-13-4-5-14(15-12-13)18-11-3-6-17-9-7-16(2)8-10-17/h4-5,12H,3,6-11H2,1-2H3. The fourth-order valence-corrected chi connectivity index (χ4v) is 2.08. The highest BCUT2D eigenvalue weighted by atomic mass is 16.5. The van der Waals surface area contributed by atoms with Gasteiger partial charge in [-0.05, 0) is 26.0 Å². The molecule has 1 aromatic rings. The summed E-state index contributed by atoms with van der Waals surface area (Å²) in [6, 6.07) is 3.97. The van der Waals surface area contributed by atoms with Crippen molar-refractivity contribution < 1.29 is 4.74 Å². The Balaban J connectivity index is 1.60. The summed E-state index contributed by atoms with van der Waals surface area (Å²) in [5.74, 6) is 0.735. The number of hydrogen-bond acceptors (Lipinski definition) is 4. The number of likely N-dealkylation sites (N-methyl/N-ethyl adjacent to an activating group) is 1. The maximum atomic E-state index is 5.62. The van der Waals surface area contributed by atoms with Crippen molar-refractivity contribution in [2.24, 2.45) is 0 Å². The largest absolute Gasteiger partial charge is 0.478 e. The molecule has 1 aliphatic heterocycles. The van der Waals surface area contributed by atoms with E-state index in [0.29, 0.717) is 0 Å². The number of piperazine rings is 1. The molecule has 0 aromatic carbocycles. The highest BCUT2D eigenvalue weighted by molar-refractivity contribution is 5.16. The number of ether oxygens (including phenoxy) is 1. The van der Waals surface area contributed by atoms with E-state index in [2.05, 4.69) is 21.8 Å². The van der Waals surface area contributed by atoms with Crippen molar-refractivity contribution in [1.29, 1.82) is 0 Å². The van der Waals surface area contributed by atoms with Gasteiger partial charge >= 0.3 is 0 Å². The summed E-state index contributed by atoms with van der Waals surface area (Å²) in [5, 5.41) is 0. The molecule has 1 fully saturated rings. The van der Waals surface area contributed by atoms with Crippen LogP contribution in [0.1, 0.15) is 12.0 Å². The second-order valence-electron chi connectivity index (χ2n) is 5.02. The summed E-state index contributed by atoms with van der Waals surface area (Å²) in [7, 11) is 2.18. The monoisotopic (exact) mass is 249 g/mol. The molecule has 0 amide bonds. The Kier molecular flexibility index (Phi) is 4.96. The SMILES string of the molecule is Cc1ccc(OCCCN2CCN(C)CC2)nc1. The van der Waals surface area contributed by atoms with Crippen LogP contribution in [0.25, 0.3) is 0 Å². The van der Waals surface area contributed by atoms with E-state index in [4.69, 9.17) is 4.74 Å². The maximum Gasteiger partial charge on any atom is 0.213 e. The van der Waals surface area contributed by atoms with Crippen molar-refractivity contribution in [2.75, 3.05) is 46.4 Å². The summed E-state index contributed by atoms with van der Waals surface area (Å²) in [6.45, 7) is 8.63. The summed E-state index contributed by atoms with van der Waals surface area (Å²) >= 11 is 0. The smallest absolute Gasteiger partial charge is 0.213 e. The average Bonchev–Trinajstić information content (AvgIpc) is 2.39. The van der Waals surface area contributed by atoms with E-state index in [1.165, 1.54) is 31.7 Å². The van der Waals surface area contributed by atoms with Crippen LogP contribution >= 0.6 is 0 Å². The molecule has 1 aromatic heterocycles. The molecular weight excluding hydrogens is 226 g/mol. The Labute approximate surface area is 110 Å². The molecule has 0 bridgehead atoms. The van der Waals surface area contributed by atoms with Gasteiger partial charge in [0.25, 0.3) is 0 Å². The third-order valence-electron chi connectivity index (χ3n) is 3.35. The summed E-state index contributed by atoms with van der Waals surface area (Å²) in [6.07, 6.45) is 2.91. The lowest BCUT2D eigenvalue weighted by molar-refractivity contribution is 0.145. The molecule has 0 spiro atoms. The zero-order valence-electron chi connectivity index (χ0n) is 11.4. The molecule has 18 heavy (non-hydrogen) atoms. The van der Waals surface area contributed by atoms with Gasteiger partial charge in [-0.15, -0.1) is 0 Å². The number of nitrogens with zero attached hydrogens (tertiary/aromatic N) is 3. The van der Waals surface area contributed by atoms with Gasteiger partial charge in [-0.3, -0.25) is 0 Å². The Morgan fingerprint density at radius 1 is 1.22 bits per heavy atom. The molecule has 1 saturated heterocycles. The highest BCUT2D eigenvalue weighted by Crippen LogP contribution is 2.07. The minimum absolute atomic E-state index is 0.735. The van der Waals surface area contributed by atoms with Crippen molar-refractivity contribution in [1.82, 2.24) is 14.8 Å². The van der Waals surface area contributed by atoms with Crippen LogP contribution in [0.2, 0.25) is 0 Å². The van der Waals surface area contributed by atoms with Crippen molar-refractivity contribution in [3.05, 3.63) is 23.9 Å². The van der Waals surface area contributed by atoms with E-state index in [0.717, 1.165) is 25.5 Å². The van der Waals surface area contributed by atoms with Crippen LogP contribution < -0.4 is 4.74 Å². The third kappa shape index (κ3) is 4.27. The summed E-state index contributed by atoms with van der Waals surface area (Å²) in [4.78, 5) is 9.11. The van der Waals surface area contributed by atoms with Crippen LogP contribution in [0.4, 0.5) is 0 Å². The predicted octanol–water partition coefficient (Wildman–Crippen LogP) is 1.41. The number of pyridine rings is 1. The fraction of sp³-hybridized carbons (Fsp3) is 0.643. The van der Waals surface area contributed by atoms with Gasteiger partial charge in [-0.2, -0.15) is 0 Å². The van der Waals surface area contributed by atoms with Gasteiger partial charge in [0.1, 0.15) is 0 Å². The van der Waals surface area contributed by atoms with E-state index in [9.17, 15) is 0 Å². The van der Waals surface area contributed by atoms with E-state index < -0.39 is 0 Å². The first kappa shape index (κ1) is 13.3. The molecule has 4 heteroatoms. The minimum Gasteiger partial charge on any atom is -0.478 e. The zero-order valence-corrected chi connectivity index (χ0v) is 11.4. The molecular formula is C14H23N3O. The molecule has 1 aliphatic rings. The first-order valence-corrected chi connectivity index (χ1v) is 6.70. The zero-order chi connectivity index (χ0) is 12.8. The number of hydrogen-bond donors (Lipinski definition) is 0. The molecule has 0 unspecified atom stereocenters. The summed E-state index contributed by atoms with van der Waals surface area (Å²) < 4.78 is 5.62. The van der Waals surface area contributed by atoms with Crippen LogP contribution in [-0.2, 0) is 0 Å². The van der Waals surface area contributed by atoms with Gasteiger partial charge in [0.2, 0.25) is 5.88 Å². The quantitative estimate of drug-likeness (QED) is 0.738. The van der Waals surface area contributed by atoms with Crippen molar-refractivity contribution in [3.63, 3.8) is 0 Å². The van der Waals surface area contributed by atoms with Gasteiger partial charge < -0.3 is 14.5 Å². The second kappa shape index (κ2) is 6.71. The Hall–Kier alpha value is -1.13. The second-order valence-corrected chi connectivity index (χ2v) is 5.02. The lowest BCUT2D eigenvalue weighted by Crippen LogP contribution is -2.44. The minimum atomic E-state index is 0.735. The van der Waals surface area contributed by atoms with Crippen molar-refractivity contribution in [2.45, 2.75) is 13.3 Å². The van der Waals surface area contributed by atoms with Crippen LogP contribution in [0.3, 0.4) is 0 Å². The van der Waals surface area contributed by atoms with Crippen molar-refractivity contribution >= 4 is 0 Å². The lowest BCUT2D eigenvalue weighted by Gasteiger charge is -2.32. The third-order valence-corrected chi connectivity index (χ3v) is 3.35. The van der Waals surface area contributed by atoms with E-state index in [1.807, 2.05) is 25.3 Å². The van der Waals surface area contributed by atoms with Gasteiger partial charge in [0.15, 0.2) is 0 Å². The van der Waals surface area contributed by atoms with Gasteiger partial charge in [0, 0.05) is 45.0 Å². The predicted molar refractivity (Wildman–Crippen MR) is 73.0 cm³/mol. The van der Waals surface area contributed by atoms with Crippen LogP contribution in [0.15, 0.2) is 18.3 Å². The first-order valence-electron chi connectivity index (χ1n) is 6.70. The Morgan fingerprint density at radius 3 is 2.67 bits per heavy atom. The van der Waals surface area contributed by atoms with E-state index in [-0.39, 0.29) is 0 Å². The van der Waals surface area contributed by atoms with Crippen LogP contribution in [-0.4, -0.2) is 61.2 Å². The molecule has 100 valence electrons. The van der Waals surface area contributed by atoms with Gasteiger partial charge in [-0.25, -0.2) is 4.98 Å². The van der Waals surface area contributed by atoms with Gasteiger partial charge in [-0.1, -0.05) is 6.07 Å². The molecule has 2 rings (SSSR count). The number of aryl methyl sites for hydroxylation is 1.